The molecule has 0 aliphatic rings. The van der Waals surface area contributed by atoms with E-state index in [1.54, 1.807) is 0 Å². The van der Waals surface area contributed by atoms with Crippen molar-refractivity contribution in [2.45, 2.75) is 13.0 Å². The third-order valence-corrected chi connectivity index (χ3v) is 2.28. The molecular weight excluding hydrogens is 162 g/mol. The minimum Gasteiger partial charge on any atom is -0.324 e. The Labute approximate surface area is 77.2 Å². The molecular formula is C10H13N3. The number of hydrogen-bond acceptors (Lipinski definition) is 2. The maximum atomic E-state index is 5.87. The SMILES string of the molecule is C[C@H](N)c1cccc2cnn(C)c12. The van der Waals surface area contributed by atoms with Gasteiger partial charge in [-0.25, -0.2) is 0 Å². The molecule has 2 N–H and O–H groups in total. The zero-order valence-electron chi connectivity index (χ0n) is 7.86. The average Bonchev–Trinajstić information content (AvgIpc) is 2.48. The molecule has 0 unspecified atom stereocenters. The summed E-state index contributed by atoms with van der Waals surface area (Å²) in [6, 6.07) is 6.17. The molecule has 0 fully saturated rings. The Morgan fingerprint density at radius 1 is 1.46 bits per heavy atom. The fourth-order valence-electron chi connectivity index (χ4n) is 1.63. The van der Waals surface area contributed by atoms with E-state index in [1.807, 2.05) is 37.0 Å². The Kier molecular flexibility index (Phi) is 1.81. The molecule has 1 heterocycles. The van der Waals surface area contributed by atoms with Gasteiger partial charge in [0.25, 0.3) is 0 Å². The molecule has 1 atom stereocenters. The molecule has 1 aromatic heterocycles. The molecule has 1 aromatic carbocycles. The van der Waals surface area contributed by atoms with E-state index in [1.165, 1.54) is 0 Å². The highest BCUT2D eigenvalue weighted by Crippen LogP contribution is 2.21. The van der Waals surface area contributed by atoms with Gasteiger partial charge in [-0.3, -0.25) is 4.68 Å². The number of nitrogens with two attached hydrogens (primary N) is 1. The predicted octanol–water partition coefficient (Wildman–Crippen LogP) is 1.59. The molecule has 3 nitrogen and oxygen atoms in total. The van der Waals surface area contributed by atoms with E-state index in [4.69, 9.17) is 5.73 Å². The molecule has 13 heavy (non-hydrogen) atoms. The number of benzene rings is 1. The molecule has 3 heteroatoms. The maximum absolute atomic E-state index is 5.87. The Morgan fingerprint density at radius 3 is 2.92 bits per heavy atom. The topological polar surface area (TPSA) is 43.8 Å². The summed E-state index contributed by atoms with van der Waals surface area (Å²) in [6.07, 6.45) is 1.86. The number of aromatic nitrogens is 2. The van der Waals surface area contributed by atoms with Crippen LogP contribution in [0.15, 0.2) is 24.4 Å². The third-order valence-electron chi connectivity index (χ3n) is 2.28. The van der Waals surface area contributed by atoms with E-state index in [9.17, 15) is 0 Å². The summed E-state index contributed by atoms with van der Waals surface area (Å²) >= 11 is 0. The van der Waals surface area contributed by atoms with Gasteiger partial charge in [-0.05, 0) is 12.5 Å². The van der Waals surface area contributed by atoms with Gasteiger partial charge in [-0.15, -0.1) is 0 Å². The van der Waals surface area contributed by atoms with E-state index in [-0.39, 0.29) is 6.04 Å². The van der Waals surface area contributed by atoms with Crippen LogP contribution in [0, 0.1) is 0 Å². The lowest BCUT2D eigenvalue weighted by molar-refractivity contribution is 0.769. The number of fused-ring (bicyclic) bond motifs is 1. The quantitative estimate of drug-likeness (QED) is 0.715. The minimum atomic E-state index is 0.0547. The summed E-state index contributed by atoms with van der Waals surface area (Å²) in [5.41, 5.74) is 8.15. The molecule has 0 amide bonds. The number of para-hydroxylation sites is 1. The van der Waals surface area contributed by atoms with Gasteiger partial charge in [-0.1, -0.05) is 18.2 Å². The van der Waals surface area contributed by atoms with E-state index >= 15 is 0 Å². The highest BCUT2D eigenvalue weighted by molar-refractivity contribution is 5.82. The largest absolute Gasteiger partial charge is 0.324 e. The zero-order valence-corrected chi connectivity index (χ0v) is 7.86. The molecule has 0 aliphatic heterocycles. The first-order valence-corrected chi connectivity index (χ1v) is 4.36. The molecule has 0 aliphatic carbocycles. The first-order valence-electron chi connectivity index (χ1n) is 4.36. The summed E-state index contributed by atoms with van der Waals surface area (Å²) < 4.78 is 1.87. The monoisotopic (exact) mass is 175 g/mol. The summed E-state index contributed by atoms with van der Waals surface area (Å²) in [7, 11) is 1.94. The molecule has 2 aromatic rings. The van der Waals surface area contributed by atoms with Crippen molar-refractivity contribution in [1.82, 2.24) is 9.78 Å². The second-order valence-corrected chi connectivity index (χ2v) is 3.34. The highest BCUT2D eigenvalue weighted by Gasteiger charge is 2.07. The van der Waals surface area contributed by atoms with Crippen molar-refractivity contribution in [3.05, 3.63) is 30.0 Å². The smallest absolute Gasteiger partial charge is 0.0726 e. The van der Waals surface area contributed by atoms with Gasteiger partial charge in [0.05, 0.1) is 11.7 Å². The molecule has 0 spiro atoms. The summed E-state index contributed by atoms with van der Waals surface area (Å²) in [4.78, 5) is 0. The highest BCUT2D eigenvalue weighted by atomic mass is 15.2. The van der Waals surface area contributed by atoms with Crippen molar-refractivity contribution in [1.29, 1.82) is 0 Å². The Morgan fingerprint density at radius 2 is 2.23 bits per heavy atom. The van der Waals surface area contributed by atoms with Gasteiger partial charge < -0.3 is 5.73 Å². The fourth-order valence-corrected chi connectivity index (χ4v) is 1.63. The standard InChI is InChI=1S/C10H13N3/c1-7(11)9-5-3-4-8-6-12-13(2)10(8)9/h3-7H,11H2,1-2H3/t7-/m0/s1. The molecule has 0 radical (unpaired) electrons. The van der Waals surface area contributed by atoms with Gasteiger partial charge in [0, 0.05) is 18.5 Å². The van der Waals surface area contributed by atoms with Gasteiger partial charge in [-0.2, -0.15) is 5.10 Å². The van der Waals surface area contributed by atoms with Crippen LogP contribution in [-0.4, -0.2) is 9.78 Å². The number of hydrogen-bond donors (Lipinski definition) is 1. The molecule has 0 bridgehead atoms. The lowest BCUT2D eigenvalue weighted by Crippen LogP contribution is -2.07. The zero-order chi connectivity index (χ0) is 9.42. The van der Waals surface area contributed by atoms with Crippen molar-refractivity contribution in [3.63, 3.8) is 0 Å². The van der Waals surface area contributed by atoms with Crippen molar-refractivity contribution in [2.24, 2.45) is 12.8 Å². The van der Waals surface area contributed by atoms with Gasteiger partial charge in [0.2, 0.25) is 0 Å². The van der Waals surface area contributed by atoms with Crippen LogP contribution >= 0.6 is 0 Å². The average molecular weight is 175 g/mol. The van der Waals surface area contributed by atoms with Crippen molar-refractivity contribution < 1.29 is 0 Å². The normalized spacial score (nSPS) is 13.5. The molecule has 0 saturated heterocycles. The third kappa shape index (κ3) is 1.21. The van der Waals surface area contributed by atoms with Crippen LogP contribution in [0.4, 0.5) is 0 Å². The Balaban J connectivity index is 2.80. The number of nitrogens with zero attached hydrogens (tertiary/aromatic N) is 2. The second kappa shape index (κ2) is 2.85. The second-order valence-electron chi connectivity index (χ2n) is 3.34. The minimum absolute atomic E-state index is 0.0547. The van der Waals surface area contributed by atoms with Crippen LogP contribution in [0.1, 0.15) is 18.5 Å². The van der Waals surface area contributed by atoms with Gasteiger partial charge in [0.15, 0.2) is 0 Å². The van der Waals surface area contributed by atoms with Crippen molar-refractivity contribution >= 4 is 10.9 Å². The van der Waals surface area contributed by atoms with E-state index < -0.39 is 0 Å². The Hall–Kier alpha value is -1.35. The van der Waals surface area contributed by atoms with Crippen molar-refractivity contribution in [3.8, 4) is 0 Å². The van der Waals surface area contributed by atoms with Gasteiger partial charge in [0.1, 0.15) is 0 Å². The van der Waals surface area contributed by atoms with E-state index in [2.05, 4.69) is 11.2 Å². The first-order chi connectivity index (χ1) is 6.20. The lowest BCUT2D eigenvalue weighted by atomic mass is 10.1. The summed E-state index contributed by atoms with van der Waals surface area (Å²) in [5.74, 6) is 0. The van der Waals surface area contributed by atoms with Crippen LogP contribution in [-0.2, 0) is 7.05 Å². The molecule has 0 saturated carbocycles. The maximum Gasteiger partial charge on any atom is 0.0726 e. The summed E-state index contributed by atoms with van der Waals surface area (Å²) in [5, 5.41) is 5.35. The van der Waals surface area contributed by atoms with Crippen LogP contribution in [0.5, 0.6) is 0 Å². The van der Waals surface area contributed by atoms with Crippen LogP contribution in [0.3, 0.4) is 0 Å². The van der Waals surface area contributed by atoms with Crippen molar-refractivity contribution in [2.75, 3.05) is 0 Å². The Bertz CT molecular complexity index is 429. The summed E-state index contributed by atoms with van der Waals surface area (Å²) in [6.45, 7) is 1.99. The van der Waals surface area contributed by atoms with Crippen LogP contribution in [0.25, 0.3) is 10.9 Å². The molecule has 68 valence electrons. The van der Waals surface area contributed by atoms with E-state index in [0.29, 0.717) is 0 Å². The number of rotatable bonds is 1. The van der Waals surface area contributed by atoms with Gasteiger partial charge >= 0.3 is 0 Å². The predicted molar refractivity (Wildman–Crippen MR) is 53.3 cm³/mol. The first kappa shape index (κ1) is 8.26. The molecule has 2 rings (SSSR count). The van der Waals surface area contributed by atoms with E-state index in [0.717, 1.165) is 16.5 Å². The fraction of sp³-hybridized carbons (Fsp3) is 0.300. The van der Waals surface area contributed by atoms with Crippen LogP contribution < -0.4 is 5.73 Å². The van der Waals surface area contributed by atoms with Crippen LogP contribution in [0.2, 0.25) is 0 Å². The number of aryl methyl sites for hydroxylation is 1. The lowest BCUT2D eigenvalue weighted by Gasteiger charge is -2.07.